The van der Waals surface area contributed by atoms with Gasteiger partial charge in [-0.25, -0.2) is 0 Å². The van der Waals surface area contributed by atoms with Crippen molar-refractivity contribution in [2.75, 3.05) is 0 Å². The van der Waals surface area contributed by atoms with Crippen molar-refractivity contribution in [2.24, 2.45) is 11.8 Å². The van der Waals surface area contributed by atoms with Crippen LogP contribution in [0, 0.1) is 18.8 Å². The van der Waals surface area contributed by atoms with Gasteiger partial charge in [0.05, 0.1) is 0 Å². The van der Waals surface area contributed by atoms with Gasteiger partial charge in [-0.2, -0.15) is 0 Å². The minimum atomic E-state index is 0.362. The molecule has 3 rings (SSSR count). The summed E-state index contributed by atoms with van der Waals surface area (Å²) in [4.78, 5) is 0. The monoisotopic (exact) mass is 312 g/mol. The predicted octanol–water partition coefficient (Wildman–Crippen LogP) is 6.45. The van der Waals surface area contributed by atoms with Crippen LogP contribution in [0.1, 0.15) is 87.3 Å². The van der Waals surface area contributed by atoms with Crippen molar-refractivity contribution < 1.29 is 5.11 Å². The lowest BCUT2D eigenvalue weighted by Gasteiger charge is -2.35. The van der Waals surface area contributed by atoms with Gasteiger partial charge in [-0.1, -0.05) is 44.9 Å². The van der Waals surface area contributed by atoms with Crippen LogP contribution in [-0.4, -0.2) is 5.11 Å². The summed E-state index contributed by atoms with van der Waals surface area (Å²) in [6, 6.07) is 4.02. The third-order valence-corrected chi connectivity index (χ3v) is 6.31. The molecule has 0 amide bonds. The predicted molar refractivity (Wildman–Crippen MR) is 98.1 cm³/mol. The van der Waals surface area contributed by atoms with Gasteiger partial charge in [-0.05, 0) is 74.0 Å². The summed E-state index contributed by atoms with van der Waals surface area (Å²) in [6.45, 7) is 11.3. The second kappa shape index (κ2) is 6.71. The quantitative estimate of drug-likeness (QED) is 0.622. The fourth-order valence-electron chi connectivity index (χ4n) is 4.89. The van der Waals surface area contributed by atoms with E-state index in [0.717, 1.165) is 24.7 Å². The molecule has 1 aromatic carbocycles. The van der Waals surface area contributed by atoms with E-state index in [-0.39, 0.29) is 0 Å². The van der Waals surface area contributed by atoms with Gasteiger partial charge >= 0.3 is 0 Å². The molecule has 0 saturated heterocycles. The summed E-state index contributed by atoms with van der Waals surface area (Å²) >= 11 is 0. The molecular weight excluding hydrogens is 280 g/mol. The maximum atomic E-state index is 10.7. The molecule has 0 aliphatic heterocycles. The second-order valence-electron chi connectivity index (χ2n) is 8.28. The first-order valence-electron chi connectivity index (χ1n) is 9.47. The van der Waals surface area contributed by atoms with Crippen LogP contribution < -0.4 is 0 Å². The van der Waals surface area contributed by atoms with Gasteiger partial charge in [-0.15, -0.1) is 0 Å². The van der Waals surface area contributed by atoms with Crippen molar-refractivity contribution >= 4 is 0 Å². The Morgan fingerprint density at radius 3 is 2.22 bits per heavy atom. The van der Waals surface area contributed by atoms with Gasteiger partial charge in [0.25, 0.3) is 0 Å². The molecule has 1 nitrogen and oxygen atoms in total. The van der Waals surface area contributed by atoms with E-state index in [2.05, 4.69) is 33.4 Å². The summed E-state index contributed by atoms with van der Waals surface area (Å²) in [5.41, 5.74) is 5.37. The Bertz CT molecular complexity index is 578. The molecule has 1 aromatic rings. The smallest absolute Gasteiger partial charge is 0.119 e. The Morgan fingerprint density at radius 2 is 1.57 bits per heavy atom. The maximum absolute atomic E-state index is 10.7. The van der Waals surface area contributed by atoms with E-state index in [4.69, 9.17) is 0 Å². The first-order valence-corrected chi connectivity index (χ1v) is 9.47. The first-order chi connectivity index (χ1) is 11.0. The fraction of sp³-hybridized carbons (Fsp3) is 0.636. The standard InChI is InChI=1S/C22H32O/c1-14-5-9-18(10-6-14)21-16(3)8-12-20(23)22(21)19-11-7-15(2)13-17(19)4/h8,12,14-15,18-19,23H,4-7,9-11,13H2,1-3H3. The van der Waals surface area contributed by atoms with E-state index in [1.54, 1.807) is 0 Å². The Hall–Kier alpha value is -1.24. The Balaban J connectivity index is 1.99. The molecule has 2 aliphatic carbocycles. The van der Waals surface area contributed by atoms with E-state index in [1.807, 2.05) is 6.07 Å². The zero-order valence-electron chi connectivity index (χ0n) is 15.1. The van der Waals surface area contributed by atoms with E-state index in [9.17, 15) is 5.11 Å². The number of phenols is 1. The third kappa shape index (κ3) is 3.34. The van der Waals surface area contributed by atoms with Gasteiger partial charge in [0, 0.05) is 11.5 Å². The number of rotatable bonds is 2. The largest absolute Gasteiger partial charge is 0.508 e. The fourth-order valence-corrected chi connectivity index (χ4v) is 4.89. The Morgan fingerprint density at radius 1 is 0.913 bits per heavy atom. The number of allylic oxidation sites excluding steroid dienone is 1. The lowest BCUT2D eigenvalue weighted by molar-refractivity contribution is 0.342. The summed E-state index contributed by atoms with van der Waals surface area (Å²) in [7, 11) is 0. The topological polar surface area (TPSA) is 20.2 Å². The van der Waals surface area contributed by atoms with Crippen LogP contribution in [0.25, 0.3) is 0 Å². The van der Waals surface area contributed by atoms with Crippen LogP contribution in [0.15, 0.2) is 24.3 Å². The van der Waals surface area contributed by atoms with Crippen molar-refractivity contribution in [3.8, 4) is 5.75 Å². The summed E-state index contributed by atoms with van der Waals surface area (Å²) in [5.74, 6) is 3.09. The average molecular weight is 312 g/mol. The lowest BCUT2D eigenvalue weighted by Crippen LogP contribution is -2.19. The minimum Gasteiger partial charge on any atom is -0.508 e. The highest BCUT2D eigenvalue weighted by atomic mass is 16.3. The maximum Gasteiger partial charge on any atom is 0.119 e. The molecule has 2 aliphatic rings. The SMILES string of the molecule is C=C1CC(C)CCC1c1c(O)ccc(C)c1C1CCC(C)CC1. The van der Waals surface area contributed by atoms with Crippen LogP contribution >= 0.6 is 0 Å². The van der Waals surface area contributed by atoms with E-state index in [1.165, 1.54) is 54.4 Å². The molecule has 1 N–H and O–H groups in total. The zero-order valence-corrected chi connectivity index (χ0v) is 15.1. The second-order valence-corrected chi connectivity index (χ2v) is 8.28. The van der Waals surface area contributed by atoms with Crippen molar-refractivity contribution in [1.82, 2.24) is 0 Å². The van der Waals surface area contributed by atoms with Gasteiger partial charge < -0.3 is 5.11 Å². The number of aryl methyl sites for hydroxylation is 1. The van der Waals surface area contributed by atoms with Gasteiger partial charge in [0.1, 0.15) is 5.75 Å². The molecule has 0 bridgehead atoms. The van der Waals surface area contributed by atoms with Crippen LogP contribution in [0.4, 0.5) is 0 Å². The van der Waals surface area contributed by atoms with Crippen molar-refractivity contribution in [2.45, 2.75) is 77.6 Å². The third-order valence-electron chi connectivity index (χ3n) is 6.31. The normalized spacial score (nSPS) is 32.0. The van der Waals surface area contributed by atoms with Crippen LogP contribution in [-0.2, 0) is 0 Å². The van der Waals surface area contributed by atoms with Crippen LogP contribution in [0.2, 0.25) is 0 Å². The molecule has 23 heavy (non-hydrogen) atoms. The molecule has 0 radical (unpaired) electrons. The molecule has 1 heteroatoms. The number of hydrogen-bond donors (Lipinski definition) is 1. The summed E-state index contributed by atoms with van der Waals surface area (Å²) in [6.07, 6.45) is 8.69. The van der Waals surface area contributed by atoms with Gasteiger partial charge in [0.2, 0.25) is 0 Å². The minimum absolute atomic E-state index is 0.362. The summed E-state index contributed by atoms with van der Waals surface area (Å²) < 4.78 is 0. The zero-order chi connectivity index (χ0) is 16.6. The molecule has 2 saturated carbocycles. The number of hydrogen-bond acceptors (Lipinski definition) is 1. The van der Waals surface area contributed by atoms with E-state index in [0.29, 0.717) is 17.6 Å². The van der Waals surface area contributed by atoms with Crippen LogP contribution in [0.5, 0.6) is 5.75 Å². The molecule has 0 heterocycles. The molecular formula is C22H32O. The molecule has 2 atom stereocenters. The first kappa shape index (κ1) is 16.6. The number of aromatic hydroxyl groups is 1. The molecule has 2 fully saturated rings. The van der Waals surface area contributed by atoms with Crippen molar-refractivity contribution in [1.29, 1.82) is 0 Å². The highest BCUT2D eigenvalue weighted by molar-refractivity contribution is 5.51. The lowest BCUT2D eigenvalue weighted by atomic mass is 9.70. The van der Waals surface area contributed by atoms with E-state index < -0.39 is 0 Å². The Kier molecular flexibility index (Phi) is 4.85. The molecule has 2 unspecified atom stereocenters. The van der Waals surface area contributed by atoms with Gasteiger partial charge in [0.15, 0.2) is 0 Å². The van der Waals surface area contributed by atoms with Gasteiger partial charge in [-0.3, -0.25) is 0 Å². The van der Waals surface area contributed by atoms with E-state index >= 15 is 0 Å². The molecule has 126 valence electrons. The molecule has 0 aromatic heterocycles. The van der Waals surface area contributed by atoms with Crippen molar-refractivity contribution in [3.63, 3.8) is 0 Å². The van der Waals surface area contributed by atoms with Crippen molar-refractivity contribution in [3.05, 3.63) is 41.0 Å². The number of benzene rings is 1. The molecule has 0 spiro atoms. The average Bonchev–Trinajstić information content (AvgIpc) is 2.51. The number of phenolic OH excluding ortho intramolecular Hbond substituents is 1. The highest BCUT2D eigenvalue weighted by Crippen LogP contribution is 2.48. The summed E-state index contributed by atoms with van der Waals surface area (Å²) in [5, 5.41) is 10.7. The van der Waals surface area contributed by atoms with Crippen LogP contribution in [0.3, 0.4) is 0 Å². The highest BCUT2D eigenvalue weighted by Gasteiger charge is 2.31. The Labute approximate surface area is 141 Å².